The molecule has 29 heavy (non-hydrogen) atoms. The Hall–Kier alpha value is -3.47. The molecule has 3 rings (SSSR count). The topological polar surface area (TPSA) is 54.0 Å². The molecule has 5 nitrogen and oxygen atoms in total. The summed E-state index contributed by atoms with van der Waals surface area (Å²) in [7, 11) is 1.62. The molecule has 0 N–H and O–H groups in total. The van der Waals surface area contributed by atoms with Gasteiger partial charge >= 0.3 is 5.97 Å². The first kappa shape index (κ1) is 20.3. The zero-order valence-electron chi connectivity index (χ0n) is 16.4. The molecule has 0 amide bonds. The first-order valence-electron chi connectivity index (χ1n) is 9.47. The lowest BCUT2D eigenvalue weighted by molar-refractivity contribution is -0.134. The number of methoxy groups -OCH3 is 1. The number of hydrogen-bond donors (Lipinski definition) is 0. The molecule has 0 fully saturated rings. The van der Waals surface area contributed by atoms with Crippen molar-refractivity contribution in [3.05, 3.63) is 84.4 Å². The van der Waals surface area contributed by atoms with E-state index in [1.54, 1.807) is 31.4 Å². The summed E-state index contributed by atoms with van der Waals surface area (Å²) in [4.78, 5) is 12.0. The van der Waals surface area contributed by atoms with Crippen molar-refractivity contribution in [1.82, 2.24) is 0 Å². The third-order valence-electron chi connectivity index (χ3n) is 4.16. The molecular weight excluding hydrogens is 368 g/mol. The highest BCUT2D eigenvalue weighted by Gasteiger charge is 2.06. The molecule has 3 aromatic rings. The summed E-state index contributed by atoms with van der Waals surface area (Å²) in [6, 6.07) is 24.3. The maximum absolute atomic E-state index is 12.0. The molecule has 0 heterocycles. The first-order chi connectivity index (χ1) is 14.2. The predicted octanol–water partition coefficient (Wildman–Crippen LogP) is 5.04. The molecule has 3 aromatic carbocycles. The van der Waals surface area contributed by atoms with Crippen LogP contribution < -0.4 is 18.9 Å². The van der Waals surface area contributed by atoms with Gasteiger partial charge in [0.2, 0.25) is 0 Å². The van der Waals surface area contributed by atoms with E-state index in [0.717, 1.165) is 22.8 Å². The zero-order chi connectivity index (χ0) is 20.3. The zero-order valence-corrected chi connectivity index (χ0v) is 16.4. The Labute approximate surface area is 170 Å². The second-order valence-corrected chi connectivity index (χ2v) is 6.35. The Bertz CT molecular complexity index is 873. The summed E-state index contributed by atoms with van der Waals surface area (Å²) < 4.78 is 21.8. The summed E-state index contributed by atoms with van der Waals surface area (Å²) in [5.74, 6) is 2.45. The summed E-state index contributed by atoms with van der Waals surface area (Å²) >= 11 is 0. The van der Waals surface area contributed by atoms with E-state index in [4.69, 9.17) is 18.9 Å². The third kappa shape index (κ3) is 6.88. The van der Waals surface area contributed by atoms with E-state index in [9.17, 15) is 4.79 Å². The molecule has 0 aromatic heterocycles. The SMILES string of the molecule is COc1ccc(OCCCC(=O)Oc2ccc(OCc3ccccc3)cc2)cc1. The van der Waals surface area contributed by atoms with Gasteiger partial charge in [0, 0.05) is 6.42 Å². The van der Waals surface area contributed by atoms with Crippen LogP contribution in [0.5, 0.6) is 23.0 Å². The van der Waals surface area contributed by atoms with E-state index in [2.05, 4.69) is 0 Å². The number of carbonyl (C=O) groups is 1. The van der Waals surface area contributed by atoms with Crippen LogP contribution in [0.1, 0.15) is 18.4 Å². The van der Waals surface area contributed by atoms with E-state index >= 15 is 0 Å². The van der Waals surface area contributed by atoms with E-state index in [1.807, 2.05) is 54.6 Å². The second kappa shape index (κ2) is 10.8. The lowest BCUT2D eigenvalue weighted by atomic mass is 10.2. The van der Waals surface area contributed by atoms with Crippen LogP contribution in [0.3, 0.4) is 0 Å². The normalized spacial score (nSPS) is 10.2. The third-order valence-corrected chi connectivity index (χ3v) is 4.16. The van der Waals surface area contributed by atoms with Gasteiger partial charge in [-0.15, -0.1) is 0 Å². The second-order valence-electron chi connectivity index (χ2n) is 6.35. The average Bonchev–Trinajstić information content (AvgIpc) is 2.77. The standard InChI is InChI=1S/C24H24O5/c1-26-20-9-11-21(12-10-20)27-17-5-8-24(25)29-23-15-13-22(14-16-23)28-18-19-6-3-2-4-7-19/h2-4,6-7,9-16H,5,8,17-18H2,1H3. The highest BCUT2D eigenvalue weighted by Crippen LogP contribution is 2.20. The highest BCUT2D eigenvalue weighted by molar-refractivity contribution is 5.72. The first-order valence-corrected chi connectivity index (χ1v) is 9.47. The van der Waals surface area contributed by atoms with Crippen molar-refractivity contribution in [2.75, 3.05) is 13.7 Å². The summed E-state index contributed by atoms with van der Waals surface area (Å²) in [6.45, 7) is 0.932. The largest absolute Gasteiger partial charge is 0.497 e. The maximum Gasteiger partial charge on any atom is 0.311 e. The van der Waals surface area contributed by atoms with Crippen LogP contribution in [0.25, 0.3) is 0 Å². The van der Waals surface area contributed by atoms with Gasteiger partial charge in [-0.2, -0.15) is 0 Å². The van der Waals surface area contributed by atoms with Gasteiger partial charge < -0.3 is 18.9 Å². The number of carbonyl (C=O) groups excluding carboxylic acids is 1. The fourth-order valence-corrected chi connectivity index (χ4v) is 2.61. The molecule has 0 radical (unpaired) electrons. The molecule has 0 saturated carbocycles. The van der Waals surface area contributed by atoms with Crippen molar-refractivity contribution in [3.63, 3.8) is 0 Å². The molecule has 0 aliphatic heterocycles. The van der Waals surface area contributed by atoms with Crippen molar-refractivity contribution in [2.24, 2.45) is 0 Å². The fraction of sp³-hybridized carbons (Fsp3) is 0.208. The number of hydrogen-bond acceptors (Lipinski definition) is 5. The van der Waals surface area contributed by atoms with Crippen LogP contribution >= 0.6 is 0 Å². The van der Waals surface area contributed by atoms with Crippen LogP contribution in [-0.4, -0.2) is 19.7 Å². The van der Waals surface area contributed by atoms with Gasteiger partial charge in [0.05, 0.1) is 13.7 Å². The van der Waals surface area contributed by atoms with Crippen molar-refractivity contribution in [3.8, 4) is 23.0 Å². The quantitative estimate of drug-likeness (QED) is 0.275. The van der Waals surface area contributed by atoms with Gasteiger partial charge in [0.1, 0.15) is 29.6 Å². The monoisotopic (exact) mass is 392 g/mol. The molecule has 0 bridgehead atoms. The minimum atomic E-state index is -0.290. The van der Waals surface area contributed by atoms with E-state index in [1.165, 1.54) is 0 Å². The van der Waals surface area contributed by atoms with Gasteiger partial charge in [-0.25, -0.2) is 0 Å². The van der Waals surface area contributed by atoms with Gasteiger partial charge in [0.25, 0.3) is 0 Å². The van der Waals surface area contributed by atoms with Crippen molar-refractivity contribution < 1.29 is 23.7 Å². The number of rotatable bonds is 10. The van der Waals surface area contributed by atoms with E-state index in [-0.39, 0.29) is 12.4 Å². The number of esters is 1. The van der Waals surface area contributed by atoms with Gasteiger partial charge in [0.15, 0.2) is 0 Å². The molecule has 150 valence electrons. The smallest absolute Gasteiger partial charge is 0.311 e. The maximum atomic E-state index is 12.0. The van der Waals surface area contributed by atoms with Gasteiger partial charge in [-0.1, -0.05) is 30.3 Å². The Morgan fingerprint density at radius 3 is 1.97 bits per heavy atom. The Morgan fingerprint density at radius 2 is 1.31 bits per heavy atom. The summed E-state index contributed by atoms with van der Waals surface area (Å²) in [5.41, 5.74) is 1.10. The van der Waals surface area contributed by atoms with E-state index in [0.29, 0.717) is 25.4 Å². The highest BCUT2D eigenvalue weighted by atomic mass is 16.5. The minimum Gasteiger partial charge on any atom is -0.497 e. The average molecular weight is 392 g/mol. The van der Waals surface area contributed by atoms with Crippen LogP contribution in [0.4, 0.5) is 0 Å². The molecule has 0 aliphatic carbocycles. The molecule has 0 atom stereocenters. The number of benzene rings is 3. The molecule has 0 unspecified atom stereocenters. The van der Waals surface area contributed by atoms with Crippen LogP contribution in [0.2, 0.25) is 0 Å². The van der Waals surface area contributed by atoms with E-state index < -0.39 is 0 Å². The molecular formula is C24H24O5. The van der Waals surface area contributed by atoms with Crippen LogP contribution in [-0.2, 0) is 11.4 Å². The summed E-state index contributed by atoms with van der Waals surface area (Å²) in [5, 5.41) is 0. The minimum absolute atomic E-state index is 0.280. The molecule has 5 heteroatoms. The molecule has 0 aliphatic rings. The lowest BCUT2D eigenvalue weighted by Crippen LogP contribution is -2.10. The fourth-order valence-electron chi connectivity index (χ4n) is 2.61. The molecule has 0 spiro atoms. The van der Waals surface area contributed by atoms with Crippen molar-refractivity contribution in [2.45, 2.75) is 19.4 Å². The van der Waals surface area contributed by atoms with Crippen LogP contribution in [0, 0.1) is 0 Å². The molecule has 0 saturated heterocycles. The summed E-state index contributed by atoms with van der Waals surface area (Å²) in [6.07, 6.45) is 0.853. The van der Waals surface area contributed by atoms with Gasteiger partial charge in [-0.3, -0.25) is 4.79 Å². The van der Waals surface area contributed by atoms with Gasteiger partial charge in [-0.05, 0) is 60.5 Å². The predicted molar refractivity (Wildman–Crippen MR) is 111 cm³/mol. The number of ether oxygens (including phenoxy) is 4. The Balaban J connectivity index is 1.35. The van der Waals surface area contributed by atoms with Crippen molar-refractivity contribution in [1.29, 1.82) is 0 Å². The Kier molecular flexibility index (Phi) is 7.52. The van der Waals surface area contributed by atoms with Crippen molar-refractivity contribution >= 4 is 5.97 Å². The lowest BCUT2D eigenvalue weighted by Gasteiger charge is -2.09. The Morgan fingerprint density at radius 1 is 0.724 bits per heavy atom. The van der Waals surface area contributed by atoms with Crippen LogP contribution in [0.15, 0.2) is 78.9 Å².